The highest BCUT2D eigenvalue weighted by Gasteiger charge is 2.40. The Labute approximate surface area is 215 Å². The van der Waals surface area contributed by atoms with Gasteiger partial charge in [-0.3, -0.25) is 4.79 Å². The number of rotatable bonds is 10. The van der Waals surface area contributed by atoms with Gasteiger partial charge in [0, 0.05) is 24.9 Å². The highest BCUT2D eigenvalue weighted by atomic mass is 16.7. The Kier molecular flexibility index (Phi) is 9.25. The van der Waals surface area contributed by atoms with Gasteiger partial charge in [0.2, 0.25) is 0 Å². The molecule has 0 atom stereocenters. The van der Waals surface area contributed by atoms with Crippen molar-refractivity contribution in [3.8, 4) is 0 Å². The van der Waals surface area contributed by atoms with E-state index in [1.165, 1.54) is 51.6 Å². The van der Waals surface area contributed by atoms with Gasteiger partial charge < -0.3 is 29.3 Å². The summed E-state index contributed by atoms with van der Waals surface area (Å²) < 4.78 is 16.5. The second-order valence-electron chi connectivity index (χ2n) is 10.4. The van der Waals surface area contributed by atoms with Crippen LogP contribution >= 0.6 is 0 Å². The largest absolute Gasteiger partial charge is 0.469 e. The van der Waals surface area contributed by atoms with E-state index in [9.17, 15) is 9.59 Å². The molecule has 4 aliphatic rings. The first-order valence-electron chi connectivity index (χ1n) is 13.7. The number of carbonyl (C=O) groups is 2. The maximum atomic E-state index is 13.5. The maximum Gasteiger partial charge on any atom is 0.322 e. The van der Waals surface area contributed by atoms with Crippen LogP contribution in [0.4, 0.5) is 10.5 Å². The summed E-state index contributed by atoms with van der Waals surface area (Å²) >= 11 is 0. The Bertz CT molecular complexity index is 841. The standard InChI is InChI=1S/C28H43N3O5/c1-4-35-25(36-5-2)20-31(24-12-6-21(7-13-24)26(32)34-3)27(33)29-23-10-8-22(9-11-23)28-14-17-30(18-15-28)19-16-28/h8-11,21,24-25H,4-7,12-20H2,1-3H3,(H,29,33). The molecule has 0 spiro atoms. The van der Waals surface area contributed by atoms with Crippen molar-refractivity contribution in [2.75, 3.05) is 51.8 Å². The summed E-state index contributed by atoms with van der Waals surface area (Å²) in [5.74, 6) is -0.251. The number of fused-ring (bicyclic) bond motifs is 3. The first-order valence-corrected chi connectivity index (χ1v) is 13.7. The van der Waals surface area contributed by atoms with Gasteiger partial charge in [-0.2, -0.15) is 0 Å². The molecule has 2 amide bonds. The van der Waals surface area contributed by atoms with Crippen molar-refractivity contribution >= 4 is 17.7 Å². The van der Waals surface area contributed by atoms with Crippen molar-refractivity contribution in [2.45, 2.75) is 76.5 Å². The number of hydrogen-bond acceptors (Lipinski definition) is 6. The number of piperidine rings is 3. The number of nitrogens with one attached hydrogen (secondary N) is 1. The monoisotopic (exact) mass is 501 g/mol. The number of hydrogen-bond donors (Lipinski definition) is 1. The molecule has 3 saturated heterocycles. The Morgan fingerprint density at radius 1 is 1.00 bits per heavy atom. The minimum atomic E-state index is -0.484. The van der Waals surface area contributed by atoms with Gasteiger partial charge in [0.25, 0.3) is 0 Å². The quantitative estimate of drug-likeness (QED) is 0.378. The van der Waals surface area contributed by atoms with Crippen LogP contribution in [0.1, 0.15) is 64.4 Å². The molecule has 4 fully saturated rings. The van der Waals surface area contributed by atoms with E-state index < -0.39 is 6.29 Å². The number of ether oxygens (including phenoxy) is 3. The van der Waals surface area contributed by atoms with Gasteiger partial charge in [-0.15, -0.1) is 0 Å². The highest BCUT2D eigenvalue weighted by molar-refractivity contribution is 5.89. The van der Waals surface area contributed by atoms with Crippen molar-refractivity contribution < 1.29 is 23.8 Å². The Morgan fingerprint density at radius 3 is 2.11 bits per heavy atom. The van der Waals surface area contributed by atoms with Crippen LogP contribution in [0.25, 0.3) is 0 Å². The molecule has 0 aromatic heterocycles. The topological polar surface area (TPSA) is 80.3 Å². The Morgan fingerprint density at radius 2 is 1.58 bits per heavy atom. The third kappa shape index (κ3) is 6.21. The third-order valence-corrected chi connectivity index (χ3v) is 8.45. The molecule has 8 heteroatoms. The summed E-state index contributed by atoms with van der Waals surface area (Å²) in [4.78, 5) is 29.9. The predicted molar refractivity (Wildman–Crippen MR) is 139 cm³/mol. The van der Waals surface area contributed by atoms with Crippen LogP contribution in [0.5, 0.6) is 0 Å². The van der Waals surface area contributed by atoms with Gasteiger partial charge in [-0.05, 0) is 102 Å². The molecule has 1 N–H and O–H groups in total. The molecule has 5 rings (SSSR count). The van der Waals surface area contributed by atoms with Crippen LogP contribution in [-0.4, -0.2) is 80.6 Å². The molecule has 36 heavy (non-hydrogen) atoms. The third-order valence-electron chi connectivity index (χ3n) is 8.45. The summed E-state index contributed by atoms with van der Waals surface area (Å²) in [6.45, 7) is 8.78. The molecule has 3 heterocycles. The molecule has 0 radical (unpaired) electrons. The zero-order chi connectivity index (χ0) is 25.5. The summed E-state index contributed by atoms with van der Waals surface area (Å²) in [6.07, 6.45) is 6.09. The van der Waals surface area contributed by atoms with Gasteiger partial charge in [-0.1, -0.05) is 12.1 Å². The van der Waals surface area contributed by atoms with Gasteiger partial charge in [0.15, 0.2) is 6.29 Å². The maximum absolute atomic E-state index is 13.5. The Balaban J connectivity index is 1.44. The number of urea groups is 1. The van der Waals surface area contributed by atoms with Crippen LogP contribution in [0.2, 0.25) is 0 Å². The van der Waals surface area contributed by atoms with Crippen LogP contribution in [0.15, 0.2) is 24.3 Å². The molecule has 3 aliphatic heterocycles. The predicted octanol–water partition coefficient (Wildman–Crippen LogP) is 4.39. The minimum Gasteiger partial charge on any atom is -0.469 e. The second-order valence-corrected chi connectivity index (χ2v) is 10.4. The lowest BCUT2D eigenvalue weighted by atomic mass is 9.67. The summed E-state index contributed by atoms with van der Waals surface area (Å²) in [5, 5.41) is 3.12. The van der Waals surface area contributed by atoms with E-state index in [4.69, 9.17) is 14.2 Å². The first-order chi connectivity index (χ1) is 17.5. The van der Waals surface area contributed by atoms with E-state index in [1.54, 1.807) is 0 Å². The number of carbonyl (C=O) groups excluding carboxylic acids is 2. The van der Waals surface area contributed by atoms with Crippen LogP contribution in [0, 0.1) is 5.92 Å². The molecular weight excluding hydrogens is 458 g/mol. The fourth-order valence-electron chi connectivity index (χ4n) is 6.24. The number of anilines is 1. The molecule has 1 aromatic carbocycles. The van der Waals surface area contributed by atoms with Gasteiger partial charge >= 0.3 is 12.0 Å². The van der Waals surface area contributed by atoms with Gasteiger partial charge in [0.05, 0.1) is 19.6 Å². The van der Waals surface area contributed by atoms with Gasteiger partial charge in [-0.25, -0.2) is 4.79 Å². The minimum absolute atomic E-state index is 0.0138. The molecular formula is C28H43N3O5. The average Bonchev–Trinajstić information content (AvgIpc) is 2.93. The summed E-state index contributed by atoms with van der Waals surface area (Å²) in [6, 6.07) is 8.34. The zero-order valence-corrected chi connectivity index (χ0v) is 22.2. The number of amides is 2. The van der Waals surface area contributed by atoms with Crippen LogP contribution in [-0.2, 0) is 24.4 Å². The van der Waals surface area contributed by atoms with E-state index in [1.807, 2.05) is 30.9 Å². The SMILES string of the molecule is CCOC(CN(C(=O)Nc1ccc(C23CCN(CC2)CC3)cc1)C1CCC(C(=O)OC)CC1)OCC. The van der Waals surface area contributed by atoms with E-state index in [0.717, 1.165) is 18.5 Å². The van der Waals surface area contributed by atoms with Crippen molar-refractivity contribution in [1.29, 1.82) is 0 Å². The molecule has 200 valence electrons. The summed E-state index contributed by atoms with van der Waals surface area (Å²) in [5.41, 5.74) is 2.49. The van der Waals surface area contributed by atoms with Gasteiger partial charge in [0.1, 0.15) is 0 Å². The van der Waals surface area contributed by atoms with Crippen molar-refractivity contribution in [3.05, 3.63) is 29.8 Å². The zero-order valence-electron chi connectivity index (χ0n) is 22.2. The van der Waals surface area contributed by atoms with Crippen molar-refractivity contribution in [2.24, 2.45) is 5.92 Å². The van der Waals surface area contributed by atoms with E-state index in [-0.39, 0.29) is 24.0 Å². The fourth-order valence-corrected chi connectivity index (χ4v) is 6.24. The van der Waals surface area contributed by atoms with Crippen LogP contribution < -0.4 is 5.32 Å². The average molecular weight is 502 g/mol. The van der Waals surface area contributed by atoms with Crippen molar-refractivity contribution in [3.63, 3.8) is 0 Å². The van der Waals surface area contributed by atoms with E-state index >= 15 is 0 Å². The fraction of sp³-hybridized carbons (Fsp3) is 0.714. The molecule has 1 aromatic rings. The molecule has 1 aliphatic carbocycles. The van der Waals surface area contributed by atoms with Crippen molar-refractivity contribution in [1.82, 2.24) is 9.80 Å². The number of esters is 1. The number of methoxy groups -OCH3 is 1. The normalized spacial score (nSPS) is 27.6. The first kappa shape index (κ1) is 26.9. The highest BCUT2D eigenvalue weighted by Crippen LogP contribution is 2.43. The number of nitrogens with zero attached hydrogens (tertiary/aromatic N) is 2. The van der Waals surface area contributed by atoms with E-state index in [0.29, 0.717) is 38.0 Å². The molecule has 8 nitrogen and oxygen atoms in total. The molecule has 2 bridgehead atoms. The lowest BCUT2D eigenvalue weighted by Gasteiger charge is -2.49. The van der Waals surface area contributed by atoms with E-state index in [2.05, 4.69) is 22.3 Å². The lowest BCUT2D eigenvalue weighted by molar-refractivity contribution is -0.150. The Hall–Kier alpha value is -2.16. The lowest BCUT2D eigenvalue weighted by Crippen LogP contribution is -2.50. The smallest absolute Gasteiger partial charge is 0.322 e. The summed E-state index contributed by atoms with van der Waals surface area (Å²) in [7, 11) is 1.44. The molecule has 1 saturated carbocycles. The van der Waals surface area contributed by atoms with Crippen LogP contribution in [0.3, 0.4) is 0 Å². The second kappa shape index (κ2) is 12.4. The molecule has 0 unspecified atom stereocenters. The number of benzene rings is 1.